The van der Waals surface area contributed by atoms with E-state index in [1.165, 1.54) is 5.56 Å². The first-order valence-corrected chi connectivity index (χ1v) is 8.86. The highest BCUT2D eigenvalue weighted by atomic mass is 35.5. The van der Waals surface area contributed by atoms with Crippen molar-refractivity contribution in [3.8, 4) is 0 Å². The van der Waals surface area contributed by atoms with Crippen LogP contribution in [0, 0.1) is 0 Å². The quantitative estimate of drug-likeness (QED) is 0.859. The summed E-state index contributed by atoms with van der Waals surface area (Å²) in [5.74, 6) is 0.114. The van der Waals surface area contributed by atoms with Crippen molar-refractivity contribution < 1.29 is 4.79 Å². The molecule has 0 atom stereocenters. The molecular weight excluding hydrogens is 336 g/mol. The van der Waals surface area contributed by atoms with E-state index in [-0.39, 0.29) is 18.3 Å². The standard InChI is InChI=1S/C19H26N4O.ClH/c1-2-12-23(18-8-10-20-11-9-18)19(24)17-13-21-22(15-17)14-16-6-4-3-5-7-16;/h3-7,13,15,18,20H,2,8-12,14H2,1H3;1H. The average molecular weight is 363 g/mol. The van der Waals surface area contributed by atoms with Crippen molar-refractivity contribution >= 4 is 18.3 Å². The van der Waals surface area contributed by atoms with Crippen LogP contribution in [-0.4, -0.2) is 46.3 Å². The molecule has 1 saturated heterocycles. The number of halogens is 1. The molecule has 0 radical (unpaired) electrons. The predicted molar refractivity (Wildman–Crippen MR) is 102 cm³/mol. The lowest BCUT2D eigenvalue weighted by atomic mass is 10.0. The molecule has 1 amide bonds. The molecule has 5 nitrogen and oxygen atoms in total. The summed E-state index contributed by atoms with van der Waals surface area (Å²) >= 11 is 0. The van der Waals surface area contributed by atoms with Crippen LogP contribution in [0.1, 0.15) is 42.1 Å². The van der Waals surface area contributed by atoms with Crippen LogP contribution in [0.25, 0.3) is 0 Å². The lowest BCUT2D eigenvalue weighted by Gasteiger charge is -2.34. The smallest absolute Gasteiger partial charge is 0.257 e. The highest BCUT2D eigenvalue weighted by molar-refractivity contribution is 5.94. The molecule has 1 aliphatic rings. The number of piperidine rings is 1. The number of hydrogen-bond acceptors (Lipinski definition) is 3. The molecule has 0 unspecified atom stereocenters. The van der Waals surface area contributed by atoms with Crippen LogP contribution < -0.4 is 5.32 Å². The zero-order valence-corrected chi connectivity index (χ0v) is 15.5. The number of benzene rings is 1. The molecule has 2 heterocycles. The third kappa shape index (κ3) is 5.06. The maximum atomic E-state index is 13.0. The molecule has 25 heavy (non-hydrogen) atoms. The van der Waals surface area contributed by atoms with Gasteiger partial charge in [-0.05, 0) is 37.9 Å². The van der Waals surface area contributed by atoms with Gasteiger partial charge in [0.25, 0.3) is 5.91 Å². The molecule has 1 aromatic heterocycles. The molecule has 0 bridgehead atoms. The van der Waals surface area contributed by atoms with Gasteiger partial charge in [0.1, 0.15) is 0 Å². The summed E-state index contributed by atoms with van der Waals surface area (Å²) in [7, 11) is 0. The van der Waals surface area contributed by atoms with Crippen molar-refractivity contribution in [3.05, 3.63) is 53.9 Å². The minimum Gasteiger partial charge on any atom is -0.335 e. The van der Waals surface area contributed by atoms with Crippen molar-refractivity contribution in [2.75, 3.05) is 19.6 Å². The molecular formula is C19H27ClN4O. The molecule has 1 N–H and O–H groups in total. The fourth-order valence-corrected chi connectivity index (χ4v) is 3.31. The van der Waals surface area contributed by atoms with Gasteiger partial charge in [-0.2, -0.15) is 5.10 Å². The molecule has 1 aliphatic heterocycles. The molecule has 3 rings (SSSR count). The number of nitrogens with zero attached hydrogens (tertiary/aromatic N) is 3. The van der Waals surface area contributed by atoms with Crippen molar-refractivity contribution in [1.29, 1.82) is 0 Å². The minimum absolute atomic E-state index is 0. The SMILES string of the molecule is CCCN(C(=O)c1cnn(Cc2ccccc2)c1)C1CCNCC1.Cl. The van der Waals surface area contributed by atoms with Gasteiger partial charge in [0, 0.05) is 18.8 Å². The number of rotatable bonds is 6. The van der Waals surface area contributed by atoms with Gasteiger partial charge in [-0.1, -0.05) is 37.3 Å². The number of hydrogen-bond donors (Lipinski definition) is 1. The number of carbonyl (C=O) groups is 1. The monoisotopic (exact) mass is 362 g/mol. The zero-order chi connectivity index (χ0) is 16.8. The Bertz CT molecular complexity index is 652. The second-order valence-electron chi connectivity index (χ2n) is 6.39. The molecule has 0 spiro atoms. The first kappa shape index (κ1) is 19.5. The molecule has 136 valence electrons. The Balaban J connectivity index is 0.00000225. The normalized spacial score (nSPS) is 14.8. The summed E-state index contributed by atoms with van der Waals surface area (Å²) in [5.41, 5.74) is 1.88. The molecule has 0 saturated carbocycles. The van der Waals surface area contributed by atoms with Gasteiger partial charge in [-0.25, -0.2) is 0 Å². The van der Waals surface area contributed by atoms with E-state index in [9.17, 15) is 4.79 Å². The lowest BCUT2D eigenvalue weighted by molar-refractivity contribution is 0.0642. The third-order valence-corrected chi connectivity index (χ3v) is 4.54. The van der Waals surface area contributed by atoms with Crippen molar-refractivity contribution in [2.45, 2.75) is 38.8 Å². The molecule has 1 aromatic carbocycles. The highest BCUT2D eigenvalue weighted by Gasteiger charge is 2.26. The van der Waals surface area contributed by atoms with E-state index < -0.39 is 0 Å². The average Bonchev–Trinajstić information content (AvgIpc) is 3.09. The van der Waals surface area contributed by atoms with Gasteiger partial charge >= 0.3 is 0 Å². The van der Waals surface area contributed by atoms with Crippen LogP contribution in [-0.2, 0) is 6.54 Å². The van der Waals surface area contributed by atoms with E-state index in [1.807, 2.05) is 34.0 Å². The summed E-state index contributed by atoms with van der Waals surface area (Å²) in [5, 5.41) is 7.74. The van der Waals surface area contributed by atoms with E-state index in [1.54, 1.807) is 6.20 Å². The maximum absolute atomic E-state index is 13.0. The summed E-state index contributed by atoms with van der Waals surface area (Å²) in [4.78, 5) is 15.0. The Kier molecular flexibility index (Phi) is 7.47. The Morgan fingerprint density at radius 3 is 2.68 bits per heavy atom. The fourth-order valence-electron chi connectivity index (χ4n) is 3.31. The Hall–Kier alpha value is -1.85. The van der Waals surface area contributed by atoms with Gasteiger partial charge in [-0.15, -0.1) is 12.4 Å². The van der Waals surface area contributed by atoms with Gasteiger partial charge in [0.2, 0.25) is 0 Å². The second-order valence-corrected chi connectivity index (χ2v) is 6.39. The number of carbonyl (C=O) groups excluding carboxylic acids is 1. The minimum atomic E-state index is 0. The summed E-state index contributed by atoms with van der Waals surface area (Å²) < 4.78 is 1.84. The Morgan fingerprint density at radius 2 is 2.00 bits per heavy atom. The topological polar surface area (TPSA) is 50.2 Å². The molecule has 6 heteroatoms. The largest absolute Gasteiger partial charge is 0.335 e. The van der Waals surface area contributed by atoms with E-state index in [0.29, 0.717) is 18.2 Å². The number of amides is 1. The summed E-state index contributed by atoms with van der Waals surface area (Å²) in [6.45, 7) is 5.61. The zero-order valence-electron chi connectivity index (χ0n) is 14.7. The van der Waals surface area contributed by atoms with E-state index in [2.05, 4.69) is 29.5 Å². The third-order valence-electron chi connectivity index (χ3n) is 4.54. The maximum Gasteiger partial charge on any atom is 0.257 e. The highest BCUT2D eigenvalue weighted by Crippen LogP contribution is 2.16. The van der Waals surface area contributed by atoms with E-state index in [4.69, 9.17) is 0 Å². The van der Waals surface area contributed by atoms with Crippen LogP contribution in [0.2, 0.25) is 0 Å². The van der Waals surface area contributed by atoms with Crippen LogP contribution in [0.4, 0.5) is 0 Å². The number of nitrogens with one attached hydrogen (secondary N) is 1. The molecule has 1 fully saturated rings. The van der Waals surface area contributed by atoms with Gasteiger partial charge in [0.15, 0.2) is 0 Å². The van der Waals surface area contributed by atoms with E-state index in [0.717, 1.165) is 38.9 Å². The van der Waals surface area contributed by atoms with Crippen LogP contribution in [0.5, 0.6) is 0 Å². The van der Waals surface area contributed by atoms with Gasteiger partial charge in [0.05, 0.1) is 18.3 Å². The van der Waals surface area contributed by atoms with Crippen molar-refractivity contribution in [3.63, 3.8) is 0 Å². The Labute approximate surface area is 155 Å². The second kappa shape index (κ2) is 9.59. The number of aromatic nitrogens is 2. The van der Waals surface area contributed by atoms with E-state index >= 15 is 0 Å². The summed E-state index contributed by atoms with van der Waals surface area (Å²) in [6, 6.07) is 10.5. The van der Waals surface area contributed by atoms with Crippen LogP contribution in [0.3, 0.4) is 0 Å². The van der Waals surface area contributed by atoms with Gasteiger partial charge < -0.3 is 10.2 Å². The first-order valence-electron chi connectivity index (χ1n) is 8.86. The molecule has 0 aliphatic carbocycles. The first-order chi connectivity index (χ1) is 11.8. The molecule has 2 aromatic rings. The van der Waals surface area contributed by atoms with Crippen molar-refractivity contribution in [2.24, 2.45) is 0 Å². The predicted octanol–water partition coefficient (Wildman–Crippen LogP) is 2.96. The van der Waals surface area contributed by atoms with Gasteiger partial charge in [-0.3, -0.25) is 9.48 Å². The van der Waals surface area contributed by atoms with Crippen LogP contribution in [0.15, 0.2) is 42.7 Å². The van der Waals surface area contributed by atoms with Crippen molar-refractivity contribution in [1.82, 2.24) is 20.0 Å². The fraction of sp³-hybridized carbons (Fsp3) is 0.474. The van der Waals surface area contributed by atoms with Crippen LogP contribution >= 0.6 is 12.4 Å². The summed E-state index contributed by atoms with van der Waals surface area (Å²) in [6.07, 6.45) is 6.62. The lowest BCUT2D eigenvalue weighted by Crippen LogP contribution is -2.46. The Morgan fingerprint density at radius 1 is 1.28 bits per heavy atom.